The molecule has 0 bridgehead atoms. The molecule has 0 aliphatic heterocycles. The average Bonchev–Trinajstić information content (AvgIpc) is 2.37. The lowest BCUT2D eigenvalue weighted by Gasteiger charge is -2.08. The van der Waals surface area contributed by atoms with Crippen LogP contribution in [0, 0.1) is 0 Å². The summed E-state index contributed by atoms with van der Waals surface area (Å²) < 4.78 is 42.3. The van der Waals surface area contributed by atoms with Gasteiger partial charge in [0.2, 0.25) is 5.91 Å². The minimum absolute atomic E-state index is 0.0403. The Morgan fingerprint density at radius 2 is 1.90 bits per heavy atom. The van der Waals surface area contributed by atoms with Gasteiger partial charge in [0.25, 0.3) is 0 Å². The van der Waals surface area contributed by atoms with Crippen LogP contribution in [-0.4, -0.2) is 25.7 Å². The number of alkyl halides is 3. The van der Waals surface area contributed by atoms with Crippen molar-refractivity contribution in [1.29, 1.82) is 0 Å². The molecular weight excluding hydrogens is 283 g/mol. The Morgan fingerprint density at radius 3 is 2.43 bits per heavy atom. The van der Waals surface area contributed by atoms with Gasteiger partial charge in [0.1, 0.15) is 0 Å². The van der Waals surface area contributed by atoms with E-state index in [1.54, 1.807) is 0 Å². The Labute approximate surface area is 121 Å². The fourth-order valence-electron chi connectivity index (χ4n) is 1.57. The predicted molar refractivity (Wildman–Crippen MR) is 73.8 cm³/mol. The maximum atomic E-state index is 12.4. The Balaban J connectivity index is 2.33. The lowest BCUT2D eigenvalue weighted by molar-refractivity contribution is -0.137. The van der Waals surface area contributed by atoms with Crippen LogP contribution in [0.5, 0.6) is 0 Å². The van der Waals surface area contributed by atoms with Gasteiger partial charge >= 0.3 is 6.18 Å². The predicted octanol–water partition coefficient (Wildman–Crippen LogP) is 2.96. The maximum Gasteiger partial charge on any atom is 0.416 e. The summed E-state index contributed by atoms with van der Waals surface area (Å²) in [6, 6.07) is 4.55. The molecule has 0 heterocycles. The summed E-state index contributed by atoms with van der Waals surface area (Å²) in [5.74, 6) is -0.256. The summed E-state index contributed by atoms with van der Waals surface area (Å²) in [7, 11) is 0. The molecule has 1 aromatic carbocycles. The van der Waals surface area contributed by atoms with E-state index in [1.165, 1.54) is 12.1 Å². The molecule has 0 atom stereocenters. The van der Waals surface area contributed by atoms with Crippen LogP contribution >= 0.6 is 0 Å². The average molecular weight is 301 g/mol. The summed E-state index contributed by atoms with van der Waals surface area (Å²) >= 11 is 0. The van der Waals surface area contributed by atoms with Gasteiger partial charge in [-0.2, -0.15) is 13.2 Å². The number of benzene rings is 1. The smallest absolute Gasteiger partial charge is 0.375 e. The summed E-state index contributed by atoms with van der Waals surface area (Å²) in [4.78, 5) is 11.6. The Morgan fingerprint density at radius 1 is 1.29 bits per heavy atom. The Hall–Kier alpha value is -1.82. The van der Waals surface area contributed by atoms with Crippen molar-refractivity contribution in [3.63, 3.8) is 0 Å². The monoisotopic (exact) mass is 301 g/mol. The molecule has 0 fully saturated rings. The lowest BCUT2D eigenvalue weighted by Crippen LogP contribution is -2.28. The van der Waals surface area contributed by atoms with E-state index in [4.69, 9.17) is 4.74 Å². The van der Waals surface area contributed by atoms with Crippen molar-refractivity contribution in [2.75, 3.05) is 19.8 Å². The van der Waals surface area contributed by atoms with Gasteiger partial charge in [-0.05, 0) is 24.6 Å². The molecule has 0 saturated carbocycles. The fraction of sp³-hybridized carbons (Fsp3) is 0.400. The summed E-state index contributed by atoms with van der Waals surface area (Å²) in [6.45, 7) is 6.67. The third kappa shape index (κ3) is 6.94. The number of halogens is 3. The highest BCUT2D eigenvalue weighted by atomic mass is 19.4. The molecule has 116 valence electrons. The first-order valence-electron chi connectivity index (χ1n) is 6.44. The van der Waals surface area contributed by atoms with Crippen LogP contribution in [0.4, 0.5) is 13.2 Å². The van der Waals surface area contributed by atoms with Gasteiger partial charge in [-0.1, -0.05) is 24.3 Å². The van der Waals surface area contributed by atoms with Gasteiger partial charge in [0, 0.05) is 6.54 Å². The minimum atomic E-state index is -4.36. The van der Waals surface area contributed by atoms with E-state index in [2.05, 4.69) is 11.9 Å². The Bertz CT molecular complexity index is 481. The number of carbonyl (C=O) groups excluding carboxylic acids is 1. The van der Waals surface area contributed by atoms with Crippen molar-refractivity contribution >= 4 is 5.91 Å². The minimum Gasteiger partial charge on any atom is -0.375 e. The van der Waals surface area contributed by atoms with Crippen LogP contribution < -0.4 is 5.32 Å². The van der Waals surface area contributed by atoms with E-state index in [9.17, 15) is 18.0 Å². The summed E-state index contributed by atoms with van der Waals surface area (Å²) in [6.07, 6.45) is -4.32. The molecule has 1 aromatic rings. The molecule has 0 radical (unpaired) electrons. The molecule has 1 amide bonds. The van der Waals surface area contributed by atoms with E-state index >= 15 is 0 Å². The highest BCUT2D eigenvalue weighted by Crippen LogP contribution is 2.29. The molecule has 0 unspecified atom stereocenters. The van der Waals surface area contributed by atoms with E-state index in [0.717, 1.165) is 17.7 Å². The number of rotatable bonds is 7. The number of ether oxygens (including phenoxy) is 1. The highest BCUT2D eigenvalue weighted by Gasteiger charge is 2.29. The van der Waals surface area contributed by atoms with Crippen LogP contribution in [0.3, 0.4) is 0 Å². The van der Waals surface area contributed by atoms with Crippen molar-refractivity contribution in [2.45, 2.75) is 19.5 Å². The van der Waals surface area contributed by atoms with Gasteiger partial charge in [0.15, 0.2) is 0 Å². The van der Waals surface area contributed by atoms with Crippen molar-refractivity contribution < 1.29 is 22.7 Å². The van der Waals surface area contributed by atoms with Crippen molar-refractivity contribution in [2.24, 2.45) is 0 Å². The van der Waals surface area contributed by atoms with Gasteiger partial charge in [-0.25, -0.2) is 0 Å². The number of nitrogens with one attached hydrogen (secondary N) is 1. The van der Waals surface area contributed by atoms with Gasteiger partial charge < -0.3 is 10.1 Å². The van der Waals surface area contributed by atoms with Crippen LogP contribution in [0.2, 0.25) is 0 Å². The van der Waals surface area contributed by atoms with E-state index < -0.39 is 11.7 Å². The number of carbonyl (C=O) groups is 1. The first-order chi connectivity index (χ1) is 9.79. The standard InChI is InChI=1S/C15H18F3NO2/c1-11(2)10-21-8-7-19-14(20)9-12-3-5-13(6-4-12)15(16,17)18/h3-6H,1,7-10H2,2H3,(H,19,20). The quantitative estimate of drug-likeness (QED) is 0.621. The summed E-state index contributed by atoms with van der Waals surface area (Å²) in [5, 5.41) is 2.63. The summed E-state index contributed by atoms with van der Waals surface area (Å²) in [5.41, 5.74) is 0.703. The molecule has 0 aliphatic rings. The molecule has 6 heteroatoms. The zero-order chi connectivity index (χ0) is 15.9. The van der Waals surface area contributed by atoms with Crippen molar-refractivity contribution in [1.82, 2.24) is 5.32 Å². The Kier molecular flexibility index (Phi) is 6.42. The molecule has 0 saturated heterocycles. The largest absolute Gasteiger partial charge is 0.416 e. The van der Waals surface area contributed by atoms with E-state index in [0.29, 0.717) is 25.3 Å². The number of hydrogen-bond donors (Lipinski definition) is 1. The highest BCUT2D eigenvalue weighted by molar-refractivity contribution is 5.78. The van der Waals surface area contributed by atoms with Crippen LogP contribution in [-0.2, 0) is 22.1 Å². The molecule has 0 spiro atoms. The van der Waals surface area contributed by atoms with Crippen LogP contribution in [0.25, 0.3) is 0 Å². The number of hydrogen-bond acceptors (Lipinski definition) is 2. The first kappa shape index (κ1) is 17.2. The molecule has 3 nitrogen and oxygen atoms in total. The zero-order valence-electron chi connectivity index (χ0n) is 11.8. The first-order valence-corrected chi connectivity index (χ1v) is 6.44. The topological polar surface area (TPSA) is 38.3 Å². The molecular formula is C15H18F3NO2. The van der Waals surface area contributed by atoms with Gasteiger partial charge in [-0.3, -0.25) is 4.79 Å². The second kappa shape index (κ2) is 7.83. The van der Waals surface area contributed by atoms with Crippen molar-refractivity contribution in [3.8, 4) is 0 Å². The maximum absolute atomic E-state index is 12.4. The van der Waals surface area contributed by atoms with Crippen LogP contribution in [0.1, 0.15) is 18.1 Å². The zero-order valence-corrected chi connectivity index (χ0v) is 11.8. The second-order valence-electron chi connectivity index (χ2n) is 4.73. The third-order valence-electron chi connectivity index (χ3n) is 2.56. The molecule has 1 rings (SSSR count). The SMILES string of the molecule is C=C(C)COCCNC(=O)Cc1ccc(C(F)(F)F)cc1. The molecule has 0 aliphatic carbocycles. The third-order valence-corrected chi connectivity index (χ3v) is 2.56. The van der Waals surface area contributed by atoms with E-state index in [-0.39, 0.29) is 12.3 Å². The van der Waals surface area contributed by atoms with E-state index in [1.807, 2.05) is 6.92 Å². The lowest BCUT2D eigenvalue weighted by atomic mass is 10.1. The molecule has 1 N–H and O–H groups in total. The van der Waals surface area contributed by atoms with Crippen LogP contribution in [0.15, 0.2) is 36.4 Å². The van der Waals surface area contributed by atoms with Gasteiger partial charge in [-0.15, -0.1) is 0 Å². The van der Waals surface area contributed by atoms with Crippen molar-refractivity contribution in [3.05, 3.63) is 47.5 Å². The molecule has 0 aromatic heterocycles. The normalized spacial score (nSPS) is 11.2. The van der Waals surface area contributed by atoms with Gasteiger partial charge in [0.05, 0.1) is 25.2 Å². The fourth-order valence-corrected chi connectivity index (χ4v) is 1.57. The molecule has 21 heavy (non-hydrogen) atoms. The number of amides is 1. The second-order valence-corrected chi connectivity index (χ2v) is 4.73.